The fourth-order valence-corrected chi connectivity index (χ4v) is 3.49. The summed E-state index contributed by atoms with van der Waals surface area (Å²) in [5, 5.41) is 12.8. The monoisotopic (exact) mass is 347 g/mol. The molecule has 0 aliphatic carbocycles. The Hall–Kier alpha value is -1.95. The number of hydrogen-bond donors (Lipinski definition) is 1. The van der Waals surface area contributed by atoms with Gasteiger partial charge in [0.05, 0.1) is 12.5 Å². The van der Waals surface area contributed by atoms with E-state index in [9.17, 15) is 4.79 Å². The lowest BCUT2D eigenvalue weighted by Crippen LogP contribution is -2.34. The molecule has 0 spiro atoms. The van der Waals surface area contributed by atoms with Gasteiger partial charge in [0, 0.05) is 5.92 Å². The Kier molecular flexibility index (Phi) is 5.94. The molecule has 5 nitrogen and oxygen atoms in total. The lowest BCUT2D eigenvalue weighted by Gasteiger charge is -2.23. The molecule has 0 saturated heterocycles. The summed E-state index contributed by atoms with van der Waals surface area (Å²) in [7, 11) is 1.62. The summed E-state index contributed by atoms with van der Waals surface area (Å²) in [6, 6.07) is 7.54. The first-order valence-electron chi connectivity index (χ1n) is 8.21. The molecule has 1 heterocycles. The van der Waals surface area contributed by atoms with Crippen molar-refractivity contribution < 1.29 is 9.53 Å². The Morgan fingerprint density at radius 3 is 2.38 bits per heavy atom. The topological polar surface area (TPSA) is 64.1 Å². The largest absolute Gasteiger partial charge is 0.497 e. The number of methoxy groups -OCH3 is 1. The van der Waals surface area contributed by atoms with E-state index in [2.05, 4.69) is 29.4 Å². The van der Waals surface area contributed by atoms with Crippen LogP contribution in [0, 0.1) is 0 Å². The van der Waals surface area contributed by atoms with Crippen LogP contribution in [0.2, 0.25) is 0 Å². The highest BCUT2D eigenvalue weighted by Crippen LogP contribution is 2.30. The van der Waals surface area contributed by atoms with E-state index in [0.717, 1.165) is 29.2 Å². The second-order valence-electron chi connectivity index (χ2n) is 6.27. The predicted octanol–water partition coefficient (Wildman–Crippen LogP) is 4.37. The van der Waals surface area contributed by atoms with Crippen molar-refractivity contribution in [2.75, 3.05) is 12.4 Å². The number of aromatic nitrogens is 2. The number of carbonyl (C=O) groups is 1. The van der Waals surface area contributed by atoms with E-state index in [4.69, 9.17) is 4.74 Å². The van der Waals surface area contributed by atoms with Gasteiger partial charge in [0.25, 0.3) is 0 Å². The molecule has 1 aromatic heterocycles. The van der Waals surface area contributed by atoms with Gasteiger partial charge in [0.15, 0.2) is 0 Å². The smallest absolute Gasteiger partial charge is 0.236 e. The standard InChI is InChI=1S/C18H25N3O2S/c1-6-12(7-2)15-20-21-17(24-15)19-16(22)18(3,4)13-8-10-14(23-5)11-9-13/h8-12H,6-7H2,1-5H3,(H,19,21,22). The molecule has 2 aromatic rings. The molecule has 1 aromatic carbocycles. The second-order valence-corrected chi connectivity index (χ2v) is 7.28. The van der Waals surface area contributed by atoms with Crippen LogP contribution in [-0.4, -0.2) is 23.2 Å². The van der Waals surface area contributed by atoms with Crippen LogP contribution in [0.15, 0.2) is 24.3 Å². The quantitative estimate of drug-likeness (QED) is 0.808. The van der Waals surface area contributed by atoms with Crippen molar-refractivity contribution in [1.82, 2.24) is 10.2 Å². The fourth-order valence-electron chi connectivity index (χ4n) is 2.48. The zero-order valence-electron chi connectivity index (χ0n) is 14.9. The number of rotatable bonds is 7. The maximum absolute atomic E-state index is 12.7. The highest BCUT2D eigenvalue weighted by Gasteiger charge is 2.30. The molecule has 0 unspecified atom stereocenters. The molecule has 1 amide bonds. The minimum Gasteiger partial charge on any atom is -0.497 e. The first kappa shape index (κ1) is 18.4. The second kappa shape index (κ2) is 7.75. The molecule has 0 bridgehead atoms. The van der Waals surface area contributed by atoms with Gasteiger partial charge < -0.3 is 4.74 Å². The molecule has 0 saturated carbocycles. The van der Waals surface area contributed by atoms with Gasteiger partial charge in [0.1, 0.15) is 10.8 Å². The third-order valence-electron chi connectivity index (χ3n) is 4.38. The number of hydrogen-bond acceptors (Lipinski definition) is 5. The van der Waals surface area contributed by atoms with Gasteiger partial charge in [-0.05, 0) is 44.4 Å². The van der Waals surface area contributed by atoms with E-state index in [1.165, 1.54) is 11.3 Å². The van der Waals surface area contributed by atoms with Gasteiger partial charge in [-0.2, -0.15) is 0 Å². The highest BCUT2D eigenvalue weighted by atomic mass is 32.1. The van der Waals surface area contributed by atoms with Crippen molar-refractivity contribution >= 4 is 22.4 Å². The van der Waals surface area contributed by atoms with E-state index in [1.807, 2.05) is 38.1 Å². The summed E-state index contributed by atoms with van der Waals surface area (Å²) in [6.45, 7) is 8.07. The fraction of sp³-hybridized carbons (Fsp3) is 0.500. The first-order chi connectivity index (χ1) is 11.4. The molecule has 0 radical (unpaired) electrons. The Bertz CT molecular complexity index is 676. The molecule has 1 N–H and O–H groups in total. The van der Waals surface area contributed by atoms with Gasteiger partial charge in [-0.15, -0.1) is 10.2 Å². The minimum atomic E-state index is -0.674. The molecular weight excluding hydrogens is 322 g/mol. The first-order valence-corrected chi connectivity index (χ1v) is 9.03. The van der Waals surface area contributed by atoms with E-state index in [1.54, 1.807) is 7.11 Å². The van der Waals surface area contributed by atoms with Crippen LogP contribution < -0.4 is 10.1 Å². The number of carbonyl (C=O) groups excluding carboxylic acids is 1. The van der Waals surface area contributed by atoms with Crippen LogP contribution in [-0.2, 0) is 10.2 Å². The van der Waals surface area contributed by atoms with Gasteiger partial charge in [0.2, 0.25) is 11.0 Å². The Morgan fingerprint density at radius 1 is 1.21 bits per heavy atom. The predicted molar refractivity (Wildman–Crippen MR) is 97.9 cm³/mol. The van der Waals surface area contributed by atoms with Crippen molar-refractivity contribution in [3.05, 3.63) is 34.8 Å². The number of anilines is 1. The molecular formula is C18H25N3O2S. The van der Waals surface area contributed by atoms with E-state index < -0.39 is 5.41 Å². The van der Waals surface area contributed by atoms with Crippen LogP contribution in [0.5, 0.6) is 5.75 Å². The van der Waals surface area contributed by atoms with Crippen molar-refractivity contribution in [2.24, 2.45) is 0 Å². The molecule has 0 atom stereocenters. The van der Waals surface area contributed by atoms with Crippen LogP contribution in [0.25, 0.3) is 0 Å². The van der Waals surface area contributed by atoms with Gasteiger partial charge >= 0.3 is 0 Å². The third-order valence-corrected chi connectivity index (χ3v) is 5.38. The summed E-state index contributed by atoms with van der Waals surface area (Å²) >= 11 is 1.46. The maximum atomic E-state index is 12.7. The Labute approximate surface area is 147 Å². The van der Waals surface area contributed by atoms with Gasteiger partial charge in [-0.25, -0.2) is 0 Å². The molecule has 0 aliphatic heterocycles. The van der Waals surface area contributed by atoms with Crippen molar-refractivity contribution in [3.8, 4) is 5.75 Å². The molecule has 0 aliphatic rings. The highest BCUT2D eigenvalue weighted by molar-refractivity contribution is 7.15. The van der Waals surface area contributed by atoms with Gasteiger partial charge in [-0.1, -0.05) is 37.3 Å². The molecule has 24 heavy (non-hydrogen) atoms. The van der Waals surface area contributed by atoms with E-state index >= 15 is 0 Å². The van der Waals surface area contributed by atoms with Crippen LogP contribution in [0.1, 0.15) is 57.0 Å². The normalized spacial score (nSPS) is 11.6. The van der Waals surface area contributed by atoms with Crippen LogP contribution in [0.4, 0.5) is 5.13 Å². The summed E-state index contributed by atoms with van der Waals surface area (Å²) in [5.74, 6) is 1.08. The average molecular weight is 347 g/mol. The third kappa shape index (κ3) is 3.93. The Morgan fingerprint density at radius 2 is 1.83 bits per heavy atom. The van der Waals surface area contributed by atoms with Crippen LogP contribution >= 0.6 is 11.3 Å². The van der Waals surface area contributed by atoms with Crippen molar-refractivity contribution in [3.63, 3.8) is 0 Å². The maximum Gasteiger partial charge on any atom is 0.236 e. The lowest BCUT2D eigenvalue weighted by molar-refractivity contribution is -0.120. The average Bonchev–Trinajstić information content (AvgIpc) is 3.04. The van der Waals surface area contributed by atoms with E-state index in [0.29, 0.717) is 11.0 Å². The molecule has 6 heteroatoms. The van der Waals surface area contributed by atoms with Crippen LogP contribution in [0.3, 0.4) is 0 Å². The zero-order valence-corrected chi connectivity index (χ0v) is 15.7. The number of benzene rings is 1. The number of nitrogens with zero attached hydrogens (tertiary/aromatic N) is 2. The summed E-state index contributed by atoms with van der Waals surface area (Å²) in [5.41, 5.74) is 0.248. The minimum absolute atomic E-state index is 0.0973. The van der Waals surface area contributed by atoms with Crippen molar-refractivity contribution in [2.45, 2.75) is 51.9 Å². The molecule has 0 fully saturated rings. The molecule has 2 rings (SSSR count). The summed E-state index contributed by atoms with van der Waals surface area (Å²) in [6.07, 6.45) is 2.05. The van der Waals surface area contributed by atoms with E-state index in [-0.39, 0.29) is 5.91 Å². The number of ether oxygens (including phenoxy) is 1. The lowest BCUT2D eigenvalue weighted by atomic mass is 9.84. The SMILES string of the molecule is CCC(CC)c1nnc(NC(=O)C(C)(C)c2ccc(OC)cc2)s1. The van der Waals surface area contributed by atoms with Crippen molar-refractivity contribution in [1.29, 1.82) is 0 Å². The summed E-state index contributed by atoms with van der Waals surface area (Å²) in [4.78, 5) is 12.7. The summed E-state index contributed by atoms with van der Waals surface area (Å²) < 4.78 is 5.17. The Balaban J connectivity index is 2.12. The number of nitrogens with one attached hydrogen (secondary N) is 1. The van der Waals surface area contributed by atoms with Gasteiger partial charge in [-0.3, -0.25) is 10.1 Å². The number of amides is 1. The molecule has 130 valence electrons. The zero-order chi connectivity index (χ0) is 17.7.